The number of hydrogen-bond acceptors (Lipinski definition) is 3. The Bertz CT molecular complexity index is 813. The largest absolute Gasteiger partial charge is 0.478 e. The predicted molar refractivity (Wildman–Crippen MR) is 99.6 cm³/mol. The normalized spacial score (nSPS) is 13.9. The third kappa shape index (κ3) is 4.63. The van der Waals surface area contributed by atoms with Crippen LogP contribution in [0.25, 0.3) is 0 Å². The van der Waals surface area contributed by atoms with Crippen LogP contribution in [0, 0.1) is 0 Å². The van der Waals surface area contributed by atoms with Gasteiger partial charge in [-0.25, -0.2) is 9.59 Å². The van der Waals surface area contributed by atoms with Crippen LogP contribution in [0.1, 0.15) is 26.3 Å². The van der Waals surface area contributed by atoms with Crippen molar-refractivity contribution in [2.75, 3.05) is 26.2 Å². The van der Waals surface area contributed by atoms with Gasteiger partial charge >= 0.3 is 12.0 Å². The van der Waals surface area contributed by atoms with Crippen LogP contribution < -0.4 is 5.32 Å². The van der Waals surface area contributed by atoms with Crippen molar-refractivity contribution in [2.45, 2.75) is 6.54 Å². The lowest BCUT2D eigenvalue weighted by molar-refractivity contribution is 0.0663. The number of nitrogens with one attached hydrogen (secondary N) is 1. The number of nitrogens with zero attached hydrogens (tertiary/aromatic N) is 2. The van der Waals surface area contributed by atoms with Crippen molar-refractivity contribution in [1.82, 2.24) is 15.1 Å². The van der Waals surface area contributed by atoms with Gasteiger partial charge in [-0.15, -0.1) is 0 Å². The lowest BCUT2D eigenvalue weighted by Gasteiger charge is -2.34. The van der Waals surface area contributed by atoms with E-state index in [9.17, 15) is 14.4 Å². The number of benzene rings is 2. The number of rotatable bonds is 4. The van der Waals surface area contributed by atoms with E-state index in [2.05, 4.69) is 5.32 Å². The van der Waals surface area contributed by atoms with E-state index < -0.39 is 5.97 Å². The molecule has 0 aliphatic carbocycles. The Morgan fingerprint density at radius 1 is 0.815 bits per heavy atom. The second-order valence-corrected chi connectivity index (χ2v) is 6.31. The molecule has 0 unspecified atom stereocenters. The Morgan fingerprint density at radius 2 is 1.41 bits per heavy atom. The molecule has 0 aromatic heterocycles. The van der Waals surface area contributed by atoms with E-state index in [0.29, 0.717) is 38.3 Å². The zero-order chi connectivity index (χ0) is 19.2. The van der Waals surface area contributed by atoms with Crippen molar-refractivity contribution >= 4 is 17.9 Å². The number of hydrogen-bond donors (Lipinski definition) is 2. The van der Waals surface area contributed by atoms with E-state index in [0.717, 1.165) is 5.56 Å². The minimum absolute atomic E-state index is 0.0193. The first-order valence-corrected chi connectivity index (χ1v) is 8.74. The smallest absolute Gasteiger partial charge is 0.335 e. The van der Waals surface area contributed by atoms with Crippen molar-refractivity contribution in [2.24, 2.45) is 0 Å². The van der Waals surface area contributed by atoms with E-state index in [1.807, 2.05) is 18.2 Å². The Balaban J connectivity index is 1.47. The molecule has 1 aliphatic rings. The minimum atomic E-state index is -0.978. The lowest BCUT2D eigenvalue weighted by Crippen LogP contribution is -2.53. The fourth-order valence-corrected chi connectivity index (χ4v) is 2.93. The molecule has 2 aromatic carbocycles. The summed E-state index contributed by atoms with van der Waals surface area (Å²) in [5, 5.41) is 11.7. The van der Waals surface area contributed by atoms with Gasteiger partial charge in [0.2, 0.25) is 0 Å². The molecular formula is C20H21N3O4. The molecule has 1 fully saturated rings. The first-order chi connectivity index (χ1) is 13.0. The van der Waals surface area contributed by atoms with Gasteiger partial charge in [-0.2, -0.15) is 0 Å². The number of piperazine rings is 1. The molecule has 7 nitrogen and oxygen atoms in total. The van der Waals surface area contributed by atoms with Gasteiger partial charge < -0.3 is 20.2 Å². The highest BCUT2D eigenvalue weighted by Gasteiger charge is 2.24. The molecule has 0 saturated carbocycles. The number of amides is 3. The summed E-state index contributed by atoms with van der Waals surface area (Å²) < 4.78 is 0. The van der Waals surface area contributed by atoms with Crippen LogP contribution in [0.15, 0.2) is 54.6 Å². The standard InChI is InChI=1S/C20H21N3O4/c24-18(16-4-2-1-3-5-16)22-10-12-23(13-11-22)20(27)21-14-15-6-8-17(9-7-15)19(25)26/h1-9H,10-14H2,(H,21,27)(H,25,26). The molecule has 2 N–H and O–H groups in total. The fourth-order valence-electron chi connectivity index (χ4n) is 2.93. The summed E-state index contributed by atoms with van der Waals surface area (Å²) in [6.45, 7) is 2.26. The first-order valence-electron chi connectivity index (χ1n) is 8.74. The van der Waals surface area contributed by atoms with Crippen LogP contribution >= 0.6 is 0 Å². The lowest BCUT2D eigenvalue weighted by atomic mass is 10.1. The fraction of sp³-hybridized carbons (Fsp3) is 0.250. The molecule has 27 heavy (non-hydrogen) atoms. The van der Waals surface area contributed by atoms with Gasteiger partial charge in [-0.1, -0.05) is 30.3 Å². The molecule has 7 heteroatoms. The first kappa shape index (κ1) is 18.4. The summed E-state index contributed by atoms with van der Waals surface area (Å²) in [6, 6.07) is 15.3. The highest BCUT2D eigenvalue weighted by atomic mass is 16.4. The molecule has 3 amide bonds. The van der Waals surface area contributed by atoms with Gasteiger partial charge in [-0.3, -0.25) is 4.79 Å². The summed E-state index contributed by atoms with van der Waals surface area (Å²) >= 11 is 0. The molecule has 0 spiro atoms. The molecule has 2 aromatic rings. The number of aromatic carboxylic acids is 1. The van der Waals surface area contributed by atoms with Crippen molar-refractivity contribution < 1.29 is 19.5 Å². The highest BCUT2D eigenvalue weighted by Crippen LogP contribution is 2.09. The predicted octanol–water partition coefficient (Wildman–Crippen LogP) is 2.05. The van der Waals surface area contributed by atoms with E-state index >= 15 is 0 Å². The monoisotopic (exact) mass is 367 g/mol. The molecule has 1 heterocycles. The highest BCUT2D eigenvalue weighted by molar-refractivity contribution is 5.94. The molecule has 1 aliphatic heterocycles. The van der Waals surface area contributed by atoms with Gasteiger partial charge in [0.1, 0.15) is 0 Å². The Labute approximate surface area is 157 Å². The molecule has 3 rings (SSSR count). The minimum Gasteiger partial charge on any atom is -0.478 e. The summed E-state index contributed by atoms with van der Waals surface area (Å²) in [5.41, 5.74) is 1.69. The van der Waals surface area contributed by atoms with E-state index in [1.54, 1.807) is 34.1 Å². The Kier molecular flexibility index (Phi) is 5.71. The number of urea groups is 1. The van der Waals surface area contributed by atoms with Crippen LogP contribution in [-0.4, -0.2) is 59.0 Å². The third-order valence-electron chi connectivity index (χ3n) is 4.52. The summed E-state index contributed by atoms with van der Waals surface area (Å²) in [7, 11) is 0. The third-order valence-corrected chi connectivity index (χ3v) is 4.52. The zero-order valence-electron chi connectivity index (χ0n) is 14.8. The maximum Gasteiger partial charge on any atom is 0.335 e. The van der Waals surface area contributed by atoms with E-state index in [1.165, 1.54) is 12.1 Å². The van der Waals surface area contributed by atoms with Crippen molar-refractivity contribution in [1.29, 1.82) is 0 Å². The number of carbonyl (C=O) groups is 3. The van der Waals surface area contributed by atoms with Gasteiger partial charge in [0.05, 0.1) is 5.56 Å². The average molecular weight is 367 g/mol. The SMILES string of the molecule is O=C(O)c1ccc(CNC(=O)N2CCN(C(=O)c3ccccc3)CC2)cc1. The maximum absolute atomic E-state index is 12.4. The van der Waals surface area contributed by atoms with E-state index in [-0.39, 0.29) is 17.5 Å². The van der Waals surface area contributed by atoms with Gasteiger partial charge in [-0.05, 0) is 29.8 Å². The zero-order valence-corrected chi connectivity index (χ0v) is 14.8. The van der Waals surface area contributed by atoms with Crippen LogP contribution in [0.2, 0.25) is 0 Å². The van der Waals surface area contributed by atoms with Crippen LogP contribution in [0.3, 0.4) is 0 Å². The molecular weight excluding hydrogens is 346 g/mol. The summed E-state index contributed by atoms with van der Waals surface area (Å²) in [5.74, 6) is -0.998. The van der Waals surface area contributed by atoms with E-state index in [4.69, 9.17) is 5.11 Å². The van der Waals surface area contributed by atoms with Crippen molar-refractivity contribution in [3.05, 3.63) is 71.3 Å². The number of carbonyl (C=O) groups excluding carboxylic acids is 2. The summed E-state index contributed by atoms with van der Waals surface area (Å²) in [4.78, 5) is 39.0. The number of carboxylic acid groups (broad SMARTS) is 1. The van der Waals surface area contributed by atoms with Crippen LogP contribution in [0.4, 0.5) is 4.79 Å². The maximum atomic E-state index is 12.4. The van der Waals surface area contributed by atoms with Gasteiger partial charge in [0, 0.05) is 38.3 Å². The molecule has 0 bridgehead atoms. The molecule has 140 valence electrons. The van der Waals surface area contributed by atoms with Gasteiger partial charge in [0.25, 0.3) is 5.91 Å². The molecule has 1 saturated heterocycles. The van der Waals surface area contributed by atoms with Crippen LogP contribution in [0.5, 0.6) is 0 Å². The van der Waals surface area contributed by atoms with Crippen molar-refractivity contribution in [3.8, 4) is 0 Å². The Morgan fingerprint density at radius 3 is 2.00 bits per heavy atom. The second-order valence-electron chi connectivity index (χ2n) is 6.31. The molecule has 0 atom stereocenters. The van der Waals surface area contributed by atoms with Crippen LogP contribution in [-0.2, 0) is 6.54 Å². The second kappa shape index (κ2) is 8.35. The Hall–Kier alpha value is -3.35. The summed E-state index contributed by atoms with van der Waals surface area (Å²) in [6.07, 6.45) is 0. The van der Waals surface area contributed by atoms with Crippen molar-refractivity contribution in [3.63, 3.8) is 0 Å². The van der Waals surface area contributed by atoms with Gasteiger partial charge in [0.15, 0.2) is 0 Å². The average Bonchev–Trinajstić information content (AvgIpc) is 2.72. The topological polar surface area (TPSA) is 89.9 Å². The quantitative estimate of drug-likeness (QED) is 0.865. The molecule has 0 radical (unpaired) electrons. The number of carboxylic acids is 1.